The lowest BCUT2D eigenvalue weighted by Gasteiger charge is -2.12. The van der Waals surface area contributed by atoms with Crippen LogP contribution in [0.4, 0.5) is 13.2 Å². The van der Waals surface area contributed by atoms with E-state index in [1.165, 1.54) is 6.07 Å². The van der Waals surface area contributed by atoms with Gasteiger partial charge < -0.3 is 4.98 Å². The van der Waals surface area contributed by atoms with Gasteiger partial charge in [0.1, 0.15) is 10.5 Å². The molecule has 1 aromatic carbocycles. The standard InChI is InChI=1S/C14H12BrF3N2S/c1-7(2)11-10(15)13(21)20-12(19-11)8-4-3-5-9(6-8)14(16,17)18/h3-7H,1-2H3,(H,19,20,21). The van der Waals surface area contributed by atoms with Crippen LogP contribution in [0.5, 0.6) is 0 Å². The predicted molar refractivity (Wildman–Crippen MR) is 81.6 cm³/mol. The van der Waals surface area contributed by atoms with Gasteiger partial charge in [-0.3, -0.25) is 0 Å². The van der Waals surface area contributed by atoms with Crippen LogP contribution in [0, 0.1) is 4.64 Å². The molecule has 0 amide bonds. The fraction of sp³-hybridized carbons (Fsp3) is 0.286. The van der Waals surface area contributed by atoms with Crippen LogP contribution in [-0.2, 0) is 6.18 Å². The highest BCUT2D eigenvalue weighted by molar-refractivity contribution is 9.10. The summed E-state index contributed by atoms with van der Waals surface area (Å²) in [5.74, 6) is 0.464. The van der Waals surface area contributed by atoms with Crippen LogP contribution in [0.2, 0.25) is 0 Å². The van der Waals surface area contributed by atoms with Crippen molar-refractivity contribution in [2.24, 2.45) is 0 Å². The van der Waals surface area contributed by atoms with E-state index in [9.17, 15) is 13.2 Å². The van der Waals surface area contributed by atoms with Crippen molar-refractivity contribution in [3.8, 4) is 11.4 Å². The molecule has 7 heteroatoms. The lowest BCUT2D eigenvalue weighted by Crippen LogP contribution is -2.05. The Kier molecular flexibility index (Phi) is 4.53. The number of hydrogen-bond donors (Lipinski definition) is 1. The Morgan fingerprint density at radius 3 is 2.52 bits per heavy atom. The van der Waals surface area contributed by atoms with Gasteiger partial charge in [0.15, 0.2) is 0 Å². The molecule has 21 heavy (non-hydrogen) atoms. The van der Waals surface area contributed by atoms with Crippen LogP contribution in [0.3, 0.4) is 0 Å². The first-order valence-corrected chi connectivity index (χ1v) is 7.37. The zero-order valence-electron chi connectivity index (χ0n) is 11.3. The fourth-order valence-corrected chi connectivity index (χ4v) is 2.70. The first-order chi connectivity index (χ1) is 9.70. The third kappa shape index (κ3) is 3.52. The molecule has 0 radical (unpaired) electrons. The largest absolute Gasteiger partial charge is 0.416 e. The van der Waals surface area contributed by atoms with Gasteiger partial charge in [-0.25, -0.2) is 4.98 Å². The Balaban J connectivity index is 2.60. The van der Waals surface area contributed by atoms with Crippen molar-refractivity contribution in [2.45, 2.75) is 25.9 Å². The Morgan fingerprint density at radius 2 is 1.95 bits per heavy atom. The lowest BCUT2D eigenvalue weighted by atomic mass is 10.1. The number of H-pyrrole nitrogens is 1. The van der Waals surface area contributed by atoms with E-state index in [1.807, 2.05) is 13.8 Å². The summed E-state index contributed by atoms with van der Waals surface area (Å²) in [5, 5.41) is 0. The number of nitrogens with zero attached hydrogens (tertiary/aromatic N) is 1. The molecule has 0 fully saturated rings. The van der Waals surface area contributed by atoms with Crippen LogP contribution < -0.4 is 0 Å². The van der Waals surface area contributed by atoms with Crippen LogP contribution in [0.1, 0.15) is 31.0 Å². The van der Waals surface area contributed by atoms with E-state index in [-0.39, 0.29) is 5.92 Å². The van der Waals surface area contributed by atoms with Gasteiger partial charge in [-0.2, -0.15) is 13.2 Å². The molecule has 2 nitrogen and oxygen atoms in total. The number of benzene rings is 1. The molecule has 0 unspecified atom stereocenters. The van der Waals surface area contributed by atoms with Crippen LogP contribution in [-0.4, -0.2) is 9.97 Å². The van der Waals surface area contributed by atoms with Crippen molar-refractivity contribution in [1.29, 1.82) is 0 Å². The molecule has 1 N–H and O–H groups in total. The number of nitrogens with one attached hydrogen (secondary N) is 1. The van der Waals surface area contributed by atoms with Gasteiger partial charge in [-0.05, 0) is 34.0 Å². The van der Waals surface area contributed by atoms with E-state index in [4.69, 9.17) is 12.2 Å². The summed E-state index contributed by atoms with van der Waals surface area (Å²) < 4.78 is 39.3. The fourth-order valence-electron chi connectivity index (χ4n) is 1.85. The molecule has 1 heterocycles. The molecular weight excluding hydrogens is 365 g/mol. The lowest BCUT2D eigenvalue weighted by molar-refractivity contribution is -0.137. The molecule has 0 saturated heterocycles. The molecule has 0 aliphatic rings. The Hall–Kier alpha value is -1.21. The Morgan fingerprint density at radius 1 is 1.29 bits per heavy atom. The summed E-state index contributed by atoms with van der Waals surface area (Å²) in [6.45, 7) is 3.92. The van der Waals surface area contributed by atoms with Gasteiger partial charge in [0, 0.05) is 11.3 Å². The number of hydrogen-bond acceptors (Lipinski definition) is 2. The maximum absolute atomic E-state index is 12.8. The average Bonchev–Trinajstić information content (AvgIpc) is 2.40. The summed E-state index contributed by atoms with van der Waals surface area (Å²) in [7, 11) is 0. The molecule has 112 valence electrons. The molecule has 0 aliphatic carbocycles. The van der Waals surface area contributed by atoms with Crippen molar-refractivity contribution < 1.29 is 13.2 Å². The van der Waals surface area contributed by atoms with Crippen molar-refractivity contribution >= 4 is 28.1 Å². The van der Waals surface area contributed by atoms with Gasteiger partial charge in [-0.1, -0.05) is 38.2 Å². The molecule has 0 atom stereocenters. The number of halogens is 4. The topological polar surface area (TPSA) is 28.7 Å². The van der Waals surface area contributed by atoms with Crippen LogP contribution >= 0.6 is 28.1 Å². The molecule has 0 saturated carbocycles. The smallest absolute Gasteiger partial charge is 0.342 e. The van der Waals surface area contributed by atoms with E-state index in [2.05, 4.69) is 25.9 Å². The quantitative estimate of drug-likeness (QED) is 0.679. The zero-order chi connectivity index (χ0) is 15.8. The highest BCUT2D eigenvalue weighted by Crippen LogP contribution is 2.32. The van der Waals surface area contributed by atoms with Crippen LogP contribution in [0.15, 0.2) is 28.7 Å². The van der Waals surface area contributed by atoms with Gasteiger partial charge in [0.05, 0.1) is 10.0 Å². The number of aromatic amines is 1. The zero-order valence-corrected chi connectivity index (χ0v) is 13.7. The Labute approximate surface area is 133 Å². The first kappa shape index (κ1) is 16.2. The van der Waals surface area contributed by atoms with Crippen molar-refractivity contribution in [3.63, 3.8) is 0 Å². The summed E-state index contributed by atoms with van der Waals surface area (Å²) in [5.41, 5.74) is 0.447. The molecule has 0 bridgehead atoms. The van der Waals surface area contributed by atoms with E-state index >= 15 is 0 Å². The highest BCUT2D eigenvalue weighted by atomic mass is 79.9. The monoisotopic (exact) mass is 376 g/mol. The number of alkyl halides is 3. The molecule has 0 aliphatic heterocycles. The highest BCUT2D eigenvalue weighted by Gasteiger charge is 2.30. The van der Waals surface area contributed by atoms with E-state index < -0.39 is 11.7 Å². The number of aromatic nitrogens is 2. The summed E-state index contributed by atoms with van der Waals surface area (Å²) >= 11 is 8.51. The van der Waals surface area contributed by atoms with Gasteiger partial charge in [-0.15, -0.1) is 0 Å². The third-order valence-corrected chi connectivity index (χ3v) is 4.29. The maximum Gasteiger partial charge on any atom is 0.416 e. The average molecular weight is 377 g/mol. The molecule has 2 aromatic rings. The minimum atomic E-state index is -4.39. The van der Waals surface area contributed by atoms with E-state index in [1.54, 1.807) is 6.07 Å². The first-order valence-electron chi connectivity index (χ1n) is 6.17. The molecule has 1 aromatic heterocycles. The normalized spacial score (nSPS) is 12.0. The second-order valence-electron chi connectivity index (χ2n) is 4.85. The van der Waals surface area contributed by atoms with E-state index in [0.29, 0.717) is 20.5 Å². The van der Waals surface area contributed by atoms with Crippen molar-refractivity contribution in [1.82, 2.24) is 9.97 Å². The predicted octanol–water partition coefficient (Wildman–Crippen LogP) is 5.71. The van der Waals surface area contributed by atoms with Crippen molar-refractivity contribution in [2.75, 3.05) is 0 Å². The molecule has 0 spiro atoms. The number of rotatable bonds is 2. The summed E-state index contributed by atoms with van der Waals surface area (Å²) in [4.78, 5) is 7.21. The minimum Gasteiger partial charge on any atom is -0.342 e. The summed E-state index contributed by atoms with van der Waals surface area (Å²) in [6.07, 6.45) is -4.39. The second kappa shape index (κ2) is 5.88. The second-order valence-corrected chi connectivity index (χ2v) is 6.03. The van der Waals surface area contributed by atoms with Gasteiger partial charge >= 0.3 is 6.18 Å². The molecule has 2 rings (SSSR count). The minimum absolute atomic E-state index is 0.133. The van der Waals surface area contributed by atoms with Crippen LogP contribution in [0.25, 0.3) is 11.4 Å². The van der Waals surface area contributed by atoms with Crippen molar-refractivity contribution in [3.05, 3.63) is 44.6 Å². The Bertz CT molecular complexity index is 723. The maximum atomic E-state index is 12.8. The van der Waals surface area contributed by atoms with Gasteiger partial charge in [0.2, 0.25) is 0 Å². The summed E-state index contributed by atoms with van der Waals surface area (Å²) in [6, 6.07) is 5.01. The van der Waals surface area contributed by atoms with E-state index in [0.717, 1.165) is 17.8 Å². The molecular formula is C14H12BrF3N2S. The SMILES string of the molecule is CC(C)c1[nH]c(-c2cccc(C(F)(F)F)c2)nc(=S)c1Br. The third-order valence-electron chi connectivity index (χ3n) is 2.93. The van der Waals surface area contributed by atoms with Gasteiger partial charge in [0.25, 0.3) is 0 Å².